The van der Waals surface area contributed by atoms with Crippen molar-refractivity contribution in [2.75, 3.05) is 20.1 Å². The lowest BCUT2D eigenvalue weighted by atomic mass is 9.84. The number of pyridine rings is 1. The standard InChI is InChI=1S/C35H52ClN3O2/c1-22(2)21-39(34(40)41-35(9,10)11)16-15-24(5)17-29(23(3)4)33(27(8)37-12)31(28-13-14-28)18-25(6)30-19-32(36)38-20-26(30)7/h18-20,22,25,28H,3,5,13-17,21H2,1-2,4,6-12H3/b31-18-,33-29+,37-27?. The number of aliphatic imine (C=N–C) groups is 1. The molecule has 0 spiro atoms. The quantitative estimate of drug-likeness (QED) is 0.101. The summed E-state index contributed by atoms with van der Waals surface area (Å²) in [5, 5.41) is 0.512. The average Bonchev–Trinajstić information content (AvgIpc) is 3.70. The fourth-order valence-electron chi connectivity index (χ4n) is 5.00. The van der Waals surface area contributed by atoms with E-state index < -0.39 is 5.60 Å². The van der Waals surface area contributed by atoms with E-state index in [-0.39, 0.29) is 12.0 Å². The molecule has 1 unspecified atom stereocenters. The summed E-state index contributed by atoms with van der Waals surface area (Å²) in [5.74, 6) is 1.00. The van der Waals surface area contributed by atoms with E-state index in [0.717, 1.165) is 22.4 Å². The van der Waals surface area contributed by atoms with Crippen molar-refractivity contribution in [3.63, 3.8) is 0 Å². The third-order valence-corrected chi connectivity index (χ3v) is 7.46. The molecule has 5 nitrogen and oxygen atoms in total. The van der Waals surface area contributed by atoms with Crippen LogP contribution in [0.3, 0.4) is 0 Å². The molecule has 1 heterocycles. The molecule has 1 aromatic heterocycles. The molecule has 0 bridgehead atoms. The van der Waals surface area contributed by atoms with Crippen LogP contribution in [0.15, 0.2) is 64.4 Å². The molecule has 1 fully saturated rings. The van der Waals surface area contributed by atoms with Gasteiger partial charge in [-0.2, -0.15) is 0 Å². The first-order valence-electron chi connectivity index (χ1n) is 14.8. The smallest absolute Gasteiger partial charge is 0.410 e. The van der Waals surface area contributed by atoms with E-state index in [4.69, 9.17) is 16.3 Å². The van der Waals surface area contributed by atoms with E-state index >= 15 is 0 Å². The Kier molecular flexibility index (Phi) is 12.6. The fraction of sp³-hybridized carbons (Fsp3) is 0.571. The second-order valence-corrected chi connectivity index (χ2v) is 13.4. The third-order valence-electron chi connectivity index (χ3n) is 7.25. The third kappa shape index (κ3) is 10.9. The van der Waals surface area contributed by atoms with Gasteiger partial charge in [-0.25, -0.2) is 9.78 Å². The van der Waals surface area contributed by atoms with Crippen LogP contribution in [0.25, 0.3) is 0 Å². The summed E-state index contributed by atoms with van der Waals surface area (Å²) in [6, 6.07) is 1.97. The number of nitrogens with zero attached hydrogens (tertiary/aromatic N) is 3. The Bertz CT molecular complexity index is 1210. The summed E-state index contributed by atoms with van der Waals surface area (Å²) in [5.41, 5.74) is 8.52. The lowest BCUT2D eigenvalue weighted by Gasteiger charge is -2.29. The van der Waals surface area contributed by atoms with Crippen LogP contribution in [0, 0.1) is 18.8 Å². The van der Waals surface area contributed by atoms with Gasteiger partial charge in [0, 0.05) is 43.5 Å². The van der Waals surface area contributed by atoms with E-state index in [2.05, 4.69) is 70.8 Å². The number of hydrogen-bond donors (Lipinski definition) is 0. The molecule has 1 aliphatic carbocycles. The van der Waals surface area contributed by atoms with Crippen LogP contribution in [-0.2, 0) is 4.74 Å². The Balaban J connectivity index is 2.43. The number of aryl methyl sites for hydroxylation is 1. The first-order valence-corrected chi connectivity index (χ1v) is 15.2. The number of carbonyl (C=O) groups is 1. The van der Waals surface area contributed by atoms with Gasteiger partial charge in [0.1, 0.15) is 10.8 Å². The van der Waals surface area contributed by atoms with Gasteiger partial charge in [-0.1, -0.05) is 62.8 Å². The van der Waals surface area contributed by atoms with Crippen LogP contribution >= 0.6 is 11.6 Å². The van der Waals surface area contributed by atoms with Gasteiger partial charge >= 0.3 is 6.09 Å². The number of aromatic nitrogens is 1. The molecule has 1 amide bonds. The monoisotopic (exact) mass is 581 g/mol. The van der Waals surface area contributed by atoms with Crippen LogP contribution in [0.1, 0.15) is 98.1 Å². The summed E-state index contributed by atoms with van der Waals surface area (Å²) in [7, 11) is 1.85. The number of amides is 1. The molecule has 41 heavy (non-hydrogen) atoms. The Morgan fingerprint density at radius 2 is 1.88 bits per heavy atom. The van der Waals surface area contributed by atoms with Crippen LogP contribution in [0.5, 0.6) is 0 Å². The second kappa shape index (κ2) is 15.0. The summed E-state index contributed by atoms with van der Waals surface area (Å²) in [4.78, 5) is 23.6. The fourth-order valence-corrected chi connectivity index (χ4v) is 5.17. The van der Waals surface area contributed by atoms with Crippen molar-refractivity contribution in [3.05, 3.63) is 75.6 Å². The highest BCUT2D eigenvalue weighted by molar-refractivity contribution is 6.29. The van der Waals surface area contributed by atoms with E-state index in [1.165, 1.54) is 35.1 Å². The largest absolute Gasteiger partial charge is 0.444 e. The Morgan fingerprint density at radius 1 is 1.24 bits per heavy atom. The minimum absolute atomic E-state index is 0.166. The lowest BCUT2D eigenvalue weighted by molar-refractivity contribution is 0.0230. The SMILES string of the molecule is C=C(CCN(CC(C)C)C(=O)OC(C)(C)C)C/C(C(=C)C)=C(C(C)=NC)\C(=C/C(C)c1cc(Cl)ncc1C)C1CC1. The molecule has 226 valence electrons. The predicted octanol–water partition coefficient (Wildman–Crippen LogP) is 9.68. The summed E-state index contributed by atoms with van der Waals surface area (Å²) < 4.78 is 5.69. The van der Waals surface area contributed by atoms with Crippen molar-refractivity contribution in [2.24, 2.45) is 16.8 Å². The highest BCUT2D eigenvalue weighted by Gasteiger charge is 2.31. The van der Waals surface area contributed by atoms with Crippen molar-refractivity contribution in [1.82, 2.24) is 9.88 Å². The molecule has 1 aromatic rings. The van der Waals surface area contributed by atoms with Crippen molar-refractivity contribution in [1.29, 1.82) is 0 Å². The van der Waals surface area contributed by atoms with Gasteiger partial charge in [0.15, 0.2) is 0 Å². The molecule has 2 rings (SSSR count). The first kappa shape index (κ1) is 34.5. The molecular formula is C35H52ClN3O2. The van der Waals surface area contributed by atoms with Gasteiger partial charge in [-0.3, -0.25) is 4.99 Å². The number of hydrogen-bond acceptors (Lipinski definition) is 4. The lowest BCUT2D eigenvalue weighted by Crippen LogP contribution is -2.39. The summed E-state index contributed by atoms with van der Waals surface area (Å²) >= 11 is 6.27. The van der Waals surface area contributed by atoms with E-state index in [1.807, 2.05) is 45.0 Å². The van der Waals surface area contributed by atoms with E-state index in [1.54, 1.807) is 0 Å². The number of halogens is 1. The van der Waals surface area contributed by atoms with Crippen LogP contribution in [0.2, 0.25) is 5.15 Å². The zero-order valence-electron chi connectivity index (χ0n) is 27.2. The molecule has 0 N–H and O–H groups in total. The van der Waals surface area contributed by atoms with Crippen molar-refractivity contribution in [2.45, 2.75) is 99.5 Å². The van der Waals surface area contributed by atoms with Crippen molar-refractivity contribution in [3.8, 4) is 0 Å². The maximum absolute atomic E-state index is 12.9. The summed E-state index contributed by atoms with van der Waals surface area (Å²) in [6.45, 7) is 28.4. The van der Waals surface area contributed by atoms with Crippen molar-refractivity contribution < 1.29 is 9.53 Å². The normalized spacial score (nSPS) is 15.9. The number of allylic oxidation sites excluding steroid dienone is 5. The Morgan fingerprint density at radius 3 is 2.39 bits per heavy atom. The summed E-state index contributed by atoms with van der Waals surface area (Å²) in [6.07, 6.45) is 7.66. The first-order chi connectivity index (χ1) is 19.0. The second-order valence-electron chi connectivity index (χ2n) is 13.0. The number of ether oxygens (including phenoxy) is 1. The van der Waals surface area contributed by atoms with Gasteiger partial charge in [0.25, 0.3) is 0 Å². The van der Waals surface area contributed by atoms with Gasteiger partial charge in [0.2, 0.25) is 0 Å². The van der Waals surface area contributed by atoms with E-state index in [9.17, 15) is 4.79 Å². The predicted molar refractivity (Wildman–Crippen MR) is 175 cm³/mol. The molecule has 1 aliphatic rings. The molecule has 1 saturated carbocycles. The van der Waals surface area contributed by atoms with Crippen LogP contribution in [-0.4, -0.2) is 47.4 Å². The average molecular weight is 582 g/mol. The molecule has 0 radical (unpaired) electrons. The highest BCUT2D eigenvalue weighted by Crippen LogP contribution is 2.44. The minimum Gasteiger partial charge on any atom is -0.444 e. The molecule has 6 heteroatoms. The topological polar surface area (TPSA) is 54.8 Å². The van der Waals surface area contributed by atoms with Crippen LogP contribution in [0.4, 0.5) is 4.79 Å². The van der Waals surface area contributed by atoms with Gasteiger partial charge in [-0.15, -0.1) is 0 Å². The van der Waals surface area contributed by atoms with Gasteiger partial charge < -0.3 is 9.64 Å². The molecule has 0 aromatic carbocycles. The maximum Gasteiger partial charge on any atom is 0.410 e. The Hall–Kier alpha value is -2.66. The molecule has 0 aliphatic heterocycles. The van der Waals surface area contributed by atoms with Crippen LogP contribution < -0.4 is 0 Å². The minimum atomic E-state index is -0.534. The Labute approximate surface area is 254 Å². The highest BCUT2D eigenvalue weighted by atomic mass is 35.5. The van der Waals surface area contributed by atoms with Crippen molar-refractivity contribution >= 4 is 23.4 Å². The number of carbonyl (C=O) groups excluding carboxylic acids is 1. The van der Waals surface area contributed by atoms with E-state index in [0.29, 0.717) is 42.9 Å². The van der Waals surface area contributed by atoms with Gasteiger partial charge in [0.05, 0.1) is 0 Å². The molecule has 0 saturated heterocycles. The maximum atomic E-state index is 12.9. The van der Waals surface area contributed by atoms with Gasteiger partial charge in [-0.05, 0) is 107 Å². The number of rotatable bonds is 13. The molecular weight excluding hydrogens is 530 g/mol. The molecule has 1 atom stereocenters. The zero-order valence-corrected chi connectivity index (χ0v) is 27.9. The zero-order chi connectivity index (χ0) is 31.1.